The lowest BCUT2D eigenvalue weighted by atomic mass is 10.1. The zero-order valence-electron chi connectivity index (χ0n) is 11.0. The summed E-state index contributed by atoms with van der Waals surface area (Å²) in [6, 6.07) is 5.06. The highest BCUT2D eigenvalue weighted by Crippen LogP contribution is 2.45. The topological polar surface area (TPSA) is 38.3 Å². The van der Waals surface area contributed by atoms with Crippen molar-refractivity contribution in [2.45, 2.75) is 31.7 Å². The maximum atomic E-state index is 13.6. The lowest BCUT2D eigenvalue weighted by Crippen LogP contribution is -2.24. The van der Waals surface area contributed by atoms with Gasteiger partial charge in [0.05, 0.1) is 12.7 Å². The van der Waals surface area contributed by atoms with Crippen LogP contribution in [0.5, 0.6) is 0 Å². The van der Waals surface area contributed by atoms with Gasteiger partial charge < -0.3 is 10.1 Å². The molecule has 0 atom stereocenters. The van der Waals surface area contributed by atoms with E-state index in [9.17, 15) is 9.18 Å². The summed E-state index contributed by atoms with van der Waals surface area (Å²) in [5.74, 6) is 0.334. The predicted octanol–water partition coefficient (Wildman–Crippen LogP) is 3.21. The molecule has 4 heteroatoms. The van der Waals surface area contributed by atoms with Gasteiger partial charge in [0.15, 0.2) is 0 Å². The highest BCUT2D eigenvalue weighted by molar-refractivity contribution is 5.90. The van der Waals surface area contributed by atoms with Gasteiger partial charge in [-0.2, -0.15) is 0 Å². The van der Waals surface area contributed by atoms with E-state index in [1.165, 1.54) is 38.9 Å². The summed E-state index contributed by atoms with van der Waals surface area (Å²) in [7, 11) is 1.26. The number of rotatable bonds is 5. The quantitative estimate of drug-likeness (QED) is 0.829. The van der Waals surface area contributed by atoms with Crippen LogP contribution >= 0.6 is 0 Å². The molecule has 102 valence electrons. The molecule has 2 aliphatic rings. The molecule has 2 fully saturated rings. The molecule has 0 heterocycles. The fourth-order valence-electron chi connectivity index (χ4n) is 2.61. The minimum atomic E-state index is -0.629. The van der Waals surface area contributed by atoms with Gasteiger partial charge in [-0.15, -0.1) is 0 Å². The first-order chi connectivity index (χ1) is 9.19. The molecular weight excluding hydrogens is 245 g/mol. The van der Waals surface area contributed by atoms with Crippen LogP contribution in [0.25, 0.3) is 0 Å². The van der Waals surface area contributed by atoms with Crippen LogP contribution in [0.1, 0.15) is 36.0 Å². The Hall–Kier alpha value is -1.58. The van der Waals surface area contributed by atoms with E-state index >= 15 is 0 Å². The number of hydrogen-bond acceptors (Lipinski definition) is 3. The summed E-state index contributed by atoms with van der Waals surface area (Å²) in [5.41, 5.74) is 0.809. The van der Waals surface area contributed by atoms with Crippen LogP contribution in [0.2, 0.25) is 0 Å². The predicted molar refractivity (Wildman–Crippen MR) is 70.6 cm³/mol. The third kappa shape index (κ3) is 2.72. The average molecular weight is 263 g/mol. The normalized spacial score (nSPS) is 18.5. The van der Waals surface area contributed by atoms with Gasteiger partial charge in [0.25, 0.3) is 0 Å². The SMILES string of the molecule is COC(=O)c1cc(NC(C2CC2)C2CC2)ccc1F. The lowest BCUT2D eigenvalue weighted by Gasteiger charge is -2.19. The fraction of sp³-hybridized carbons (Fsp3) is 0.533. The van der Waals surface area contributed by atoms with Crippen LogP contribution in [-0.4, -0.2) is 19.1 Å². The monoisotopic (exact) mass is 263 g/mol. The van der Waals surface area contributed by atoms with Gasteiger partial charge in [-0.1, -0.05) is 0 Å². The highest BCUT2D eigenvalue weighted by atomic mass is 19.1. The summed E-state index contributed by atoms with van der Waals surface area (Å²) in [6.07, 6.45) is 5.11. The van der Waals surface area contributed by atoms with Crippen molar-refractivity contribution in [3.63, 3.8) is 0 Å². The maximum absolute atomic E-state index is 13.6. The van der Waals surface area contributed by atoms with Crippen molar-refractivity contribution < 1.29 is 13.9 Å². The van der Waals surface area contributed by atoms with Crippen LogP contribution in [0.3, 0.4) is 0 Å². The van der Waals surface area contributed by atoms with E-state index in [4.69, 9.17) is 0 Å². The molecule has 19 heavy (non-hydrogen) atoms. The Kier molecular flexibility index (Phi) is 3.17. The molecular formula is C15H18FNO2. The van der Waals surface area contributed by atoms with Crippen molar-refractivity contribution >= 4 is 11.7 Å². The van der Waals surface area contributed by atoms with Gasteiger partial charge in [0.2, 0.25) is 0 Å². The average Bonchev–Trinajstić information content (AvgIpc) is 3.29. The molecule has 3 rings (SSSR count). The summed E-state index contributed by atoms with van der Waals surface area (Å²) < 4.78 is 18.1. The maximum Gasteiger partial charge on any atom is 0.340 e. The minimum absolute atomic E-state index is 0.00200. The molecule has 1 aromatic rings. The van der Waals surface area contributed by atoms with Crippen molar-refractivity contribution in [1.29, 1.82) is 0 Å². The third-order valence-corrected chi connectivity index (χ3v) is 3.96. The number of carbonyl (C=O) groups is 1. The second kappa shape index (κ2) is 4.83. The fourth-order valence-corrected chi connectivity index (χ4v) is 2.61. The van der Waals surface area contributed by atoms with E-state index in [1.54, 1.807) is 12.1 Å². The van der Waals surface area contributed by atoms with Gasteiger partial charge >= 0.3 is 5.97 Å². The van der Waals surface area contributed by atoms with Crippen LogP contribution < -0.4 is 5.32 Å². The van der Waals surface area contributed by atoms with Crippen LogP contribution in [0.15, 0.2) is 18.2 Å². The Bertz CT molecular complexity index is 483. The van der Waals surface area contributed by atoms with E-state index in [2.05, 4.69) is 10.1 Å². The first kappa shape index (κ1) is 12.5. The van der Waals surface area contributed by atoms with Crippen LogP contribution in [0, 0.1) is 17.7 Å². The van der Waals surface area contributed by atoms with E-state index in [0.717, 1.165) is 17.5 Å². The molecule has 0 aliphatic heterocycles. The molecule has 0 bridgehead atoms. The molecule has 3 nitrogen and oxygen atoms in total. The second-order valence-corrected chi connectivity index (χ2v) is 5.53. The van der Waals surface area contributed by atoms with Crippen LogP contribution in [-0.2, 0) is 4.74 Å². The van der Waals surface area contributed by atoms with E-state index in [1.807, 2.05) is 0 Å². The molecule has 0 unspecified atom stereocenters. The number of ether oxygens (including phenoxy) is 1. The van der Waals surface area contributed by atoms with Gasteiger partial charge in [0, 0.05) is 11.7 Å². The lowest BCUT2D eigenvalue weighted by molar-refractivity contribution is 0.0595. The Balaban J connectivity index is 1.78. The molecule has 0 spiro atoms. The summed E-state index contributed by atoms with van der Waals surface area (Å²) in [6.45, 7) is 0. The highest BCUT2D eigenvalue weighted by Gasteiger charge is 2.41. The van der Waals surface area contributed by atoms with E-state index in [0.29, 0.717) is 6.04 Å². The number of benzene rings is 1. The summed E-state index contributed by atoms with van der Waals surface area (Å²) in [4.78, 5) is 11.5. The van der Waals surface area contributed by atoms with Gasteiger partial charge in [-0.05, 0) is 55.7 Å². The van der Waals surface area contributed by atoms with Crippen molar-refractivity contribution in [3.8, 4) is 0 Å². The number of halogens is 1. The molecule has 0 radical (unpaired) electrons. The number of carbonyl (C=O) groups excluding carboxylic acids is 1. The van der Waals surface area contributed by atoms with Crippen LogP contribution in [0.4, 0.5) is 10.1 Å². The molecule has 2 aliphatic carbocycles. The number of hydrogen-bond donors (Lipinski definition) is 1. The number of methoxy groups -OCH3 is 1. The van der Waals surface area contributed by atoms with Crippen molar-refractivity contribution in [1.82, 2.24) is 0 Å². The number of nitrogens with one attached hydrogen (secondary N) is 1. The summed E-state index contributed by atoms with van der Waals surface area (Å²) in [5, 5.41) is 3.48. The van der Waals surface area contributed by atoms with Gasteiger partial charge in [0.1, 0.15) is 5.82 Å². The summed E-state index contributed by atoms with van der Waals surface area (Å²) >= 11 is 0. The molecule has 1 aromatic carbocycles. The van der Waals surface area contributed by atoms with Gasteiger partial charge in [-0.25, -0.2) is 9.18 Å². The Morgan fingerprint density at radius 1 is 1.32 bits per heavy atom. The van der Waals surface area contributed by atoms with Crippen molar-refractivity contribution in [2.75, 3.05) is 12.4 Å². The molecule has 0 aromatic heterocycles. The first-order valence-electron chi connectivity index (χ1n) is 6.83. The molecule has 0 amide bonds. The largest absolute Gasteiger partial charge is 0.465 e. The molecule has 1 N–H and O–H groups in total. The smallest absolute Gasteiger partial charge is 0.340 e. The third-order valence-electron chi connectivity index (χ3n) is 3.96. The first-order valence-corrected chi connectivity index (χ1v) is 6.83. The zero-order chi connectivity index (χ0) is 13.4. The number of anilines is 1. The van der Waals surface area contributed by atoms with E-state index < -0.39 is 11.8 Å². The van der Waals surface area contributed by atoms with E-state index in [-0.39, 0.29) is 5.56 Å². The zero-order valence-corrected chi connectivity index (χ0v) is 11.0. The molecule has 0 saturated heterocycles. The Morgan fingerprint density at radius 2 is 1.95 bits per heavy atom. The minimum Gasteiger partial charge on any atom is -0.465 e. The second-order valence-electron chi connectivity index (χ2n) is 5.53. The van der Waals surface area contributed by atoms with Crippen molar-refractivity contribution in [3.05, 3.63) is 29.6 Å². The Labute approximate surface area is 112 Å². The van der Waals surface area contributed by atoms with Crippen molar-refractivity contribution in [2.24, 2.45) is 11.8 Å². The standard InChI is InChI=1S/C15H18FNO2/c1-19-15(18)12-8-11(6-7-13(12)16)17-14(9-2-3-9)10-4-5-10/h6-10,14,17H,2-5H2,1H3. The number of esters is 1. The molecule has 2 saturated carbocycles. The Morgan fingerprint density at radius 3 is 2.47 bits per heavy atom. The van der Waals surface area contributed by atoms with Gasteiger partial charge in [-0.3, -0.25) is 0 Å².